The molecule has 0 unspecified atom stereocenters. The number of benzene rings is 2. The van der Waals surface area contributed by atoms with Gasteiger partial charge in [0.05, 0.1) is 12.7 Å². The number of hydrogen-bond donors (Lipinski definition) is 2. The number of rotatable bonds is 4. The van der Waals surface area contributed by atoms with E-state index in [0.29, 0.717) is 34.5 Å². The van der Waals surface area contributed by atoms with E-state index in [1.165, 1.54) is 0 Å². The van der Waals surface area contributed by atoms with Crippen molar-refractivity contribution >= 4 is 11.9 Å². The number of fused-ring (bicyclic) bond motifs is 2. The zero-order valence-corrected chi connectivity index (χ0v) is 16.4. The molecule has 0 saturated carbocycles. The number of nitrogens with two attached hydrogens (primary N) is 1. The van der Waals surface area contributed by atoms with Crippen LogP contribution in [0.2, 0.25) is 0 Å². The maximum absolute atomic E-state index is 12.3. The third kappa shape index (κ3) is 2.83. The van der Waals surface area contributed by atoms with E-state index in [1.54, 1.807) is 18.7 Å². The van der Waals surface area contributed by atoms with Crippen LogP contribution < -0.4 is 25.3 Å². The molecular weight excluding hydrogens is 386 g/mol. The first-order chi connectivity index (χ1) is 14.5. The molecule has 1 aromatic heterocycles. The predicted octanol–water partition coefficient (Wildman–Crippen LogP) is 2.46. The number of aromatic nitrogens is 3. The normalized spacial score (nSPS) is 16.8. The molecule has 2 aromatic carbocycles. The van der Waals surface area contributed by atoms with Gasteiger partial charge in [-0.05, 0) is 48.9 Å². The molecule has 3 heterocycles. The van der Waals surface area contributed by atoms with E-state index in [1.807, 2.05) is 42.5 Å². The highest BCUT2D eigenvalue weighted by Gasteiger charge is 2.34. The zero-order valence-electron chi connectivity index (χ0n) is 16.4. The SMILES string of the molecule is COc1ccc(-c2nc3n(n2)[C@@H](c2ccc4c(c2)OCO4)C(C(N)=O)=C(C)N3)cc1. The van der Waals surface area contributed by atoms with Gasteiger partial charge < -0.3 is 25.3 Å². The molecule has 30 heavy (non-hydrogen) atoms. The number of ether oxygens (including phenoxy) is 3. The first kappa shape index (κ1) is 18.0. The van der Waals surface area contributed by atoms with Gasteiger partial charge in [0.25, 0.3) is 0 Å². The second-order valence-electron chi connectivity index (χ2n) is 6.98. The standard InChI is InChI=1S/C21H19N5O4/c1-11-17(19(22)27)18(13-5-8-15-16(9-13)30-10-29-15)26-21(23-11)24-20(25-26)12-3-6-14(28-2)7-4-12/h3-9,18H,10H2,1-2H3,(H2,22,27)(H,23,24,25)/t18-/m0/s1. The van der Waals surface area contributed by atoms with Crippen LogP contribution in [-0.2, 0) is 4.79 Å². The van der Waals surface area contributed by atoms with Gasteiger partial charge in [0.2, 0.25) is 18.6 Å². The van der Waals surface area contributed by atoms with Gasteiger partial charge in [-0.15, -0.1) is 5.10 Å². The maximum atomic E-state index is 12.3. The molecule has 152 valence electrons. The van der Waals surface area contributed by atoms with Crippen molar-refractivity contribution in [1.29, 1.82) is 0 Å². The van der Waals surface area contributed by atoms with Crippen molar-refractivity contribution in [3.8, 4) is 28.6 Å². The van der Waals surface area contributed by atoms with Crippen molar-refractivity contribution in [1.82, 2.24) is 14.8 Å². The van der Waals surface area contributed by atoms with Crippen molar-refractivity contribution in [2.75, 3.05) is 19.2 Å². The summed E-state index contributed by atoms with van der Waals surface area (Å²) in [6.45, 7) is 1.96. The average Bonchev–Trinajstić information content (AvgIpc) is 3.38. The quantitative estimate of drug-likeness (QED) is 0.685. The van der Waals surface area contributed by atoms with E-state index < -0.39 is 11.9 Å². The highest BCUT2D eigenvalue weighted by molar-refractivity contribution is 5.95. The first-order valence-corrected chi connectivity index (χ1v) is 9.33. The van der Waals surface area contributed by atoms with Gasteiger partial charge >= 0.3 is 0 Å². The molecule has 5 rings (SSSR count). The molecule has 3 N–H and O–H groups in total. The fraction of sp³-hybridized carbons (Fsp3) is 0.190. The number of hydrogen-bond acceptors (Lipinski definition) is 7. The van der Waals surface area contributed by atoms with Crippen LogP contribution in [-0.4, -0.2) is 34.6 Å². The molecule has 9 heteroatoms. The van der Waals surface area contributed by atoms with Gasteiger partial charge in [0.15, 0.2) is 17.3 Å². The van der Waals surface area contributed by atoms with Gasteiger partial charge in [-0.2, -0.15) is 4.98 Å². The van der Waals surface area contributed by atoms with Gasteiger partial charge in [0, 0.05) is 11.3 Å². The molecule has 0 fully saturated rings. The molecule has 1 amide bonds. The predicted molar refractivity (Wildman–Crippen MR) is 108 cm³/mol. The van der Waals surface area contributed by atoms with Gasteiger partial charge in [-0.1, -0.05) is 6.07 Å². The minimum absolute atomic E-state index is 0.165. The molecular formula is C21H19N5O4. The molecule has 0 radical (unpaired) electrons. The van der Waals surface area contributed by atoms with Crippen LogP contribution in [0, 0.1) is 0 Å². The van der Waals surface area contributed by atoms with Crippen molar-refractivity contribution < 1.29 is 19.0 Å². The van der Waals surface area contributed by atoms with Crippen LogP contribution in [0.25, 0.3) is 11.4 Å². The summed E-state index contributed by atoms with van der Waals surface area (Å²) in [6.07, 6.45) is 0. The zero-order chi connectivity index (χ0) is 20.8. The Kier molecular flexibility index (Phi) is 4.09. The van der Waals surface area contributed by atoms with Crippen LogP contribution in [0.3, 0.4) is 0 Å². The van der Waals surface area contributed by atoms with Crippen LogP contribution in [0.4, 0.5) is 5.95 Å². The number of methoxy groups -OCH3 is 1. The summed E-state index contributed by atoms with van der Waals surface area (Å²) < 4.78 is 17.8. The number of carbonyl (C=O) groups is 1. The van der Waals surface area contributed by atoms with E-state index in [0.717, 1.165) is 16.9 Å². The molecule has 2 aliphatic rings. The second-order valence-corrected chi connectivity index (χ2v) is 6.98. The van der Waals surface area contributed by atoms with E-state index >= 15 is 0 Å². The Morgan fingerprint density at radius 1 is 1.20 bits per heavy atom. The Bertz CT molecular complexity index is 1180. The van der Waals surface area contributed by atoms with Gasteiger partial charge in [-0.3, -0.25) is 4.79 Å². The van der Waals surface area contributed by atoms with E-state index in [9.17, 15) is 4.79 Å². The molecule has 1 atom stereocenters. The molecule has 3 aromatic rings. The van der Waals surface area contributed by atoms with Crippen molar-refractivity contribution in [2.24, 2.45) is 5.73 Å². The fourth-order valence-corrected chi connectivity index (χ4v) is 3.72. The van der Waals surface area contributed by atoms with E-state index in [2.05, 4.69) is 15.4 Å². The van der Waals surface area contributed by atoms with Crippen LogP contribution in [0.5, 0.6) is 17.2 Å². The van der Waals surface area contributed by atoms with Gasteiger partial charge in [0.1, 0.15) is 11.8 Å². The summed E-state index contributed by atoms with van der Waals surface area (Å²) >= 11 is 0. The first-order valence-electron chi connectivity index (χ1n) is 9.33. The number of allylic oxidation sites excluding steroid dienone is 1. The lowest BCUT2D eigenvalue weighted by atomic mass is 9.95. The summed E-state index contributed by atoms with van der Waals surface area (Å²) in [5, 5.41) is 7.83. The number of amides is 1. The number of primary amides is 1. The lowest BCUT2D eigenvalue weighted by molar-refractivity contribution is -0.115. The monoisotopic (exact) mass is 405 g/mol. The molecule has 0 aliphatic carbocycles. The topological polar surface area (TPSA) is 114 Å². The van der Waals surface area contributed by atoms with Crippen molar-refractivity contribution in [3.63, 3.8) is 0 Å². The Hall–Kier alpha value is -4.01. The lowest BCUT2D eigenvalue weighted by Crippen LogP contribution is -2.31. The number of carbonyl (C=O) groups excluding carboxylic acids is 1. The number of nitrogens with one attached hydrogen (secondary N) is 1. The highest BCUT2D eigenvalue weighted by atomic mass is 16.7. The largest absolute Gasteiger partial charge is 0.497 e. The molecule has 0 saturated heterocycles. The minimum Gasteiger partial charge on any atom is -0.497 e. The summed E-state index contributed by atoms with van der Waals surface area (Å²) in [5.41, 5.74) is 8.39. The molecule has 0 bridgehead atoms. The van der Waals surface area contributed by atoms with Crippen LogP contribution in [0.15, 0.2) is 53.7 Å². The van der Waals surface area contributed by atoms with Gasteiger partial charge in [-0.25, -0.2) is 4.68 Å². The lowest BCUT2D eigenvalue weighted by Gasteiger charge is -2.27. The maximum Gasteiger partial charge on any atom is 0.248 e. The molecule has 9 nitrogen and oxygen atoms in total. The Balaban J connectivity index is 1.63. The smallest absolute Gasteiger partial charge is 0.248 e. The minimum atomic E-state index is -0.548. The molecule has 0 spiro atoms. The Morgan fingerprint density at radius 2 is 1.97 bits per heavy atom. The number of nitrogens with zero attached hydrogens (tertiary/aromatic N) is 3. The second kappa shape index (κ2) is 6.80. The molecule has 2 aliphatic heterocycles. The van der Waals surface area contributed by atoms with Crippen LogP contribution >= 0.6 is 0 Å². The Morgan fingerprint density at radius 3 is 2.70 bits per heavy atom. The third-order valence-corrected chi connectivity index (χ3v) is 5.18. The van der Waals surface area contributed by atoms with Crippen molar-refractivity contribution in [2.45, 2.75) is 13.0 Å². The van der Waals surface area contributed by atoms with Crippen molar-refractivity contribution in [3.05, 3.63) is 59.3 Å². The highest BCUT2D eigenvalue weighted by Crippen LogP contribution is 2.40. The average molecular weight is 405 g/mol. The van der Waals surface area contributed by atoms with E-state index in [-0.39, 0.29) is 6.79 Å². The summed E-state index contributed by atoms with van der Waals surface area (Å²) in [5.74, 6) is 2.52. The Labute approximate surface area is 172 Å². The summed E-state index contributed by atoms with van der Waals surface area (Å²) in [7, 11) is 1.61. The number of anilines is 1. The summed E-state index contributed by atoms with van der Waals surface area (Å²) in [6, 6.07) is 12.4. The fourth-order valence-electron chi connectivity index (χ4n) is 3.72. The summed E-state index contributed by atoms with van der Waals surface area (Å²) in [4.78, 5) is 17.0. The van der Waals surface area contributed by atoms with E-state index in [4.69, 9.17) is 19.9 Å². The third-order valence-electron chi connectivity index (χ3n) is 5.18. The van der Waals surface area contributed by atoms with Crippen LogP contribution in [0.1, 0.15) is 18.5 Å².